The molecule has 1 amide bonds. The number of aryl methyl sites for hydroxylation is 1. The second-order valence-electron chi connectivity index (χ2n) is 3.30. The highest BCUT2D eigenvalue weighted by Crippen LogP contribution is 2.24. The van der Waals surface area contributed by atoms with Crippen LogP contribution in [0.4, 0.5) is 4.79 Å². The molecule has 1 N–H and O–H groups in total. The van der Waals surface area contributed by atoms with Crippen molar-refractivity contribution in [2.75, 3.05) is 6.61 Å². The molecule has 0 bridgehead atoms. The quantitative estimate of drug-likeness (QED) is 0.864. The van der Waals surface area contributed by atoms with E-state index >= 15 is 0 Å². The van der Waals surface area contributed by atoms with E-state index < -0.39 is 0 Å². The Morgan fingerprint density at radius 1 is 1.53 bits per heavy atom. The molecule has 1 heterocycles. The van der Waals surface area contributed by atoms with E-state index in [1.807, 2.05) is 25.1 Å². The zero-order valence-electron chi connectivity index (χ0n) is 8.12. The van der Waals surface area contributed by atoms with Gasteiger partial charge in [0.25, 0.3) is 0 Å². The third-order valence-electron chi connectivity index (χ3n) is 2.29. The minimum Gasteiger partial charge on any atom is -0.447 e. The molecule has 1 aliphatic heterocycles. The van der Waals surface area contributed by atoms with Crippen LogP contribution in [0.5, 0.6) is 0 Å². The second-order valence-corrected chi connectivity index (χ2v) is 4.21. The molecule has 1 aliphatic rings. The highest BCUT2D eigenvalue weighted by Gasteiger charge is 2.24. The minimum atomic E-state index is -0.339. The predicted molar refractivity (Wildman–Crippen MR) is 63.4 cm³/mol. The van der Waals surface area contributed by atoms with E-state index in [9.17, 15) is 4.79 Å². The Bertz CT molecular complexity index is 384. The van der Waals surface area contributed by atoms with Crippen LogP contribution in [0.2, 0.25) is 0 Å². The molecule has 2 rings (SSSR count). The molecule has 0 unspecified atom stereocenters. The van der Waals surface area contributed by atoms with Gasteiger partial charge in [-0.15, -0.1) is 12.4 Å². The summed E-state index contributed by atoms with van der Waals surface area (Å²) in [7, 11) is 0. The number of halogens is 2. The monoisotopic (exact) mass is 291 g/mol. The molecule has 1 aromatic rings. The van der Waals surface area contributed by atoms with Gasteiger partial charge in [0.2, 0.25) is 0 Å². The summed E-state index contributed by atoms with van der Waals surface area (Å²) in [6.07, 6.45) is -0.339. The number of rotatable bonds is 1. The maximum Gasteiger partial charge on any atom is 0.407 e. The van der Waals surface area contributed by atoms with Gasteiger partial charge in [-0.3, -0.25) is 0 Å². The van der Waals surface area contributed by atoms with Gasteiger partial charge in [0.15, 0.2) is 0 Å². The number of carbonyl (C=O) groups is 1. The number of cyclic esters (lactones) is 1. The highest BCUT2D eigenvalue weighted by atomic mass is 79.9. The fraction of sp³-hybridized carbons (Fsp3) is 0.300. The summed E-state index contributed by atoms with van der Waals surface area (Å²) in [4.78, 5) is 10.9. The molecule has 3 nitrogen and oxygen atoms in total. The summed E-state index contributed by atoms with van der Waals surface area (Å²) in [6.45, 7) is 2.43. The SMILES string of the molecule is Cc1ccc(Br)cc1[C@H]1COC(=O)N1.Cl. The summed E-state index contributed by atoms with van der Waals surface area (Å²) in [6, 6.07) is 6.00. The van der Waals surface area contributed by atoms with Crippen LogP contribution in [0.3, 0.4) is 0 Å². The first kappa shape index (κ1) is 12.3. The maximum atomic E-state index is 10.9. The van der Waals surface area contributed by atoms with Crippen LogP contribution in [-0.4, -0.2) is 12.7 Å². The van der Waals surface area contributed by atoms with E-state index in [0.717, 1.165) is 15.6 Å². The summed E-state index contributed by atoms with van der Waals surface area (Å²) in [5, 5.41) is 2.76. The Hall–Kier alpha value is -0.740. The average Bonchev–Trinajstić information content (AvgIpc) is 2.56. The number of nitrogens with one attached hydrogen (secondary N) is 1. The normalized spacial score (nSPS) is 19.1. The molecule has 1 aromatic carbocycles. The molecule has 0 aliphatic carbocycles. The molecule has 0 saturated carbocycles. The van der Waals surface area contributed by atoms with Gasteiger partial charge in [-0.1, -0.05) is 22.0 Å². The summed E-state index contributed by atoms with van der Waals surface area (Å²) in [5.74, 6) is 0. The third-order valence-corrected chi connectivity index (χ3v) is 2.78. The lowest BCUT2D eigenvalue weighted by molar-refractivity contribution is 0.177. The van der Waals surface area contributed by atoms with E-state index in [4.69, 9.17) is 4.74 Å². The fourth-order valence-electron chi connectivity index (χ4n) is 1.54. The second kappa shape index (κ2) is 4.86. The third kappa shape index (κ3) is 2.63. The topological polar surface area (TPSA) is 38.3 Å². The molecule has 0 radical (unpaired) electrons. The Labute approximate surface area is 103 Å². The summed E-state index contributed by atoms with van der Waals surface area (Å²) >= 11 is 3.40. The minimum absolute atomic E-state index is 0. The summed E-state index contributed by atoms with van der Waals surface area (Å²) < 4.78 is 5.86. The Morgan fingerprint density at radius 2 is 2.27 bits per heavy atom. The van der Waals surface area contributed by atoms with Crippen LogP contribution in [0.15, 0.2) is 22.7 Å². The van der Waals surface area contributed by atoms with E-state index in [2.05, 4.69) is 21.2 Å². The number of amides is 1. The first-order valence-electron chi connectivity index (χ1n) is 4.36. The molecule has 1 atom stereocenters. The van der Waals surface area contributed by atoms with Crippen molar-refractivity contribution in [2.24, 2.45) is 0 Å². The lowest BCUT2D eigenvalue weighted by atomic mass is 10.0. The predicted octanol–water partition coefficient (Wildman–Crippen LogP) is 2.96. The van der Waals surface area contributed by atoms with Crippen molar-refractivity contribution in [1.82, 2.24) is 5.32 Å². The molecular weight excluding hydrogens is 281 g/mol. The van der Waals surface area contributed by atoms with Gasteiger partial charge >= 0.3 is 6.09 Å². The van der Waals surface area contributed by atoms with Crippen LogP contribution in [0.1, 0.15) is 17.2 Å². The molecule has 0 aromatic heterocycles. The van der Waals surface area contributed by atoms with Crippen molar-refractivity contribution >= 4 is 34.4 Å². The van der Waals surface area contributed by atoms with E-state index in [1.54, 1.807) is 0 Å². The van der Waals surface area contributed by atoms with Crippen molar-refractivity contribution in [3.05, 3.63) is 33.8 Å². The molecule has 5 heteroatoms. The maximum absolute atomic E-state index is 10.9. The van der Waals surface area contributed by atoms with Crippen LogP contribution in [-0.2, 0) is 4.74 Å². The molecule has 1 saturated heterocycles. The first-order valence-corrected chi connectivity index (χ1v) is 5.15. The van der Waals surface area contributed by atoms with Gasteiger partial charge in [-0.25, -0.2) is 4.79 Å². The van der Waals surface area contributed by atoms with Gasteiger partial charge in [0.05, 0.1) is 6.04 Å². The Kier molecular flexibility index (Phi) is 3.99. The van der Waals surface area contributed by atoms with Gasteiger partial charge in [-0.05, 0) is 30.2 Å². The Morgan fingerprint density at radius 3 is 2.87 bits per heavy atom. The van der Waals surface area contributed by atoms with E-state index in [1.165, 1.54) is 0 Å². The summed E-state index contributed by atoms with van der Waals surface area (Å²) in [5.41, 5.74) is 2.26. The van der Waals surface area contributed by atoms with Crippen LogP contribution in [0, 0.1) is 6.92 Å². The molecular formula is C10H11BrClNO2. The number of hydrogen-bond donors (Lipinski definition) is 1. The van der Waals surface area contributed by atoms with E-state index in [-0.39, 0.29) is 24.5 Å². The molecule has 1 fully saturated rings. The van der Waals surface area contributed by atoms with Crippen molar-refractivity contribution in [2.45, 2.75) is 13.0 Å². The van der Waals surface area contributed by atoms with Crippen LogP contribution in [0.25, 0.3) is 0 Å². The van der Waals surface area contributed by atoms with E-state index in [0.29, 0.717) is 6.61 Å². The number of benzene rings is 1. The van der Waals surface area contributed by atoms with Crippen molar-refractivity contribution < 1.29 is 9.53 Å². The lowest BCUT2D eigenvalue weighted by Gasteiger charge is -2.11. The standard InChI is InChI=1S/C10H10BrNO2.ClH/c1-6-2-3-7(11)4-8(6)9-5-14-10(13)12-9;/h2-4,9H,5H2,1H3,(H,12,13);1H/t9-;/m1./s1. The highest BCUT2D eigenvalue weighted by molar-refractivity contribution is 9.10. The van der Waals surface area contributed by atoms with Crippen molar-refractivity contribution in [3.63, 3.8) is 0 Å². The molecule has 82 valence electrons. The zero-order valence-corrected chi connectivity index (χ0v) is 10.5. The fourth-order valence-corrected chi connectivity index (χ4v) is 1.92. The Balaban J connectivity index is 0.00000112. The first-order chi connectivity index (χ1) is 6.66. The number of hydrogen-bond acceptors (Lipinski definition) is 2. The largest absolute Gasteiger partial charge is 0.447 e. The average molecular weight is 293 g/mol. The van der Waals surface area contributed by atoms with Gasteiger partial charge in [0, 0.05) is 4.47 Å². The van der Waals surface area contributed by atoms with Gasteiger partial charge < -0.3 is 10.1 Å². The van der Waals surface area contributed by atoms with Crippen LogP contribution < -0.4 is 5.32 Å². The van der Waals surface area contributed by atoms with Crippen LogP contribution >= 0.6 is 28.3 Å². The smallest absolute Gasteiger partial charge is 0.407 e. The zero-order chi connectivity index (χ0) is 10.1. The number of alkyl carbamates (subject to hydrolysis) is 1. The van der Waals surface area contributed by atoms with Crippen molar-refractivity contribution in [1.29, 1.82) is 0 Å². The molecule has 15 heavy (non-hydrogen) atoms. The number of carbonyl (C=O) groups excluding carboxylic acids is 1. The van der Waals surface area contributed by atoms with Crippen molar-refractivity contribution in [3.8, 4) is 0 Å². The number of ether oxygens (including phenoxy) is 1. The molecule has 0 spiro atoms. The van der Waals surface area contributed by atoms with Gasteiger partial charge in [-0.2, -0.15) is 0 Å². The van der Waals surface area contributed by atoms with Gasteiger partial charge in [0.1, 0.15) is 6.61 Å². The lowest BCUT2D eigenvalue weighted by Crippen LogP contribution is -2.19.